The van der Waals surface area contributed by atoms with Crippen molar-refractivity contribution in [2.24, 2.45) is 11.5 Å². The van der Waals surface area contributed by atoms with Crippen molar-refractivity contribution in [2.45, 2.75) is 24.9 Å². The van der Waals surface area contributed by atoms with E-state index in [4.69, 9.17) is 11.5 Å². The van der Waals surface area contributed by atoms with Crippen molar-refractivity contribution in [1.29, 1.82) is 0 Å². The highest BCUT2D eigenvalue weighted by atomic mass is 16.5. The molecule has 0 unspecified atom stereocenters. The first-order valence-corrected chi connectivity index (χ1v) is 6.40. The summed E-state index contributed by atoms with van der Waals surface area (Å²) in [5, 5.41) is 2.48. The molecule has 0 fully saturated rings. The van der Waals surface area contributed by atoms with E-state index in [1.54, 1.807) is 0 Å². The molecule has 7 heteroatoms. The Labute approximate surface area is 122 Å². The van der Waals surface area contributed by atoms with E-state index in [1.807, 2.05) is 30.3 Å². The number of esters is 1. The van der Waals surface area contributed by atoms with Crippen LogP contribution in [0.5, 0.6) is 0 Å². The van der Waals surface area contributed by atoms with Crippen LogP contribution < -0.4 is 16.8 Å². The molecule has 7 nitrogen and oxygen atoms in total. The van der Waals surface area contributed by atoms with Gasteiger partial charge in [-0.25, -0.2) is 4.79 Å². The molecule has 0 aliphatic heterocycles. The van der Waals surface area contributed by atoms with Gasteiger partial charge >= 0.3 is 5.97 Å². The quantitative estimate of drug-likeness (QED) is 0.561. The monoisotopic (exact) mass is 293 g/mol. The topological polar surface area (TPSA) is 125 Å². The highest BCUT2D eigenvalue weighted by Gasteiger charge is 2.25. The zero-order valence-corrected chi connectivity index (χ0v) is 11.7. The van der Waals surface area contributed by atoms with Crippen LogP contribution in [0.1, 0.15) is 12.0 Å². The van der Waals surface area contributed by atoms with Gasteiger partial charge < -0.3 is 21.5 Å². The minimum atomic E-state index is -1.09. The zero-order chi connectivity index (χ0) is 15.8. The summed E-state index contributed by atoms with van der Waals surface area (Å²) in [6.07, 6.45) is -0.0202. The number of nitrogens with two attached hydrogens (primary N) is 2. The summed E-state index contributed by atoms with van der Waals surface area (Å²) in [5.74, 6) is -1.89. The molecule has 1 rings (SSSR count). The molecule has 114 valence electrons. The van der Waals surface area contributed by atoms with E-state index in [0.717, 1.165) is 5.56 Å². The number of methoxy groups -OCH3 is 1. The lowest BCUT2D eigenvalue weighted by atomic mass is 10.1. The number of hydrogen-bond donors (Lipinski definition) is 3. The normalized spacial score (nSPS) is 13.0. The third-order valence-electron chi connectivity index (χ3n) is 2.84. The summed E-state index contributed by atoms with van der Waals surface area (Å²) in [5.41, 5.74) is 11.4. The van der Waals surface area contributed by atoms with Crippen LogP contribution in [-0.2, 0) is 25.5 Å². The smallest absolute Gasteiger partial charge is 0.328 e. The fraction of sp³-hybridized carbons (Fsp3) is 0.357. The number of hydrogen-bond acceptors (Lipinski definition) is 5. The Morgan fingerprint density at radius 1 is 1.24 bits per heavy atom. The van der Waals surface area contributed by atoms with E-state index in [9.17, 15) is 14.4 Å². The van der Waals surface area contributed by atoms with Gasteiger partial charge in [-0.2, -0.15) is 0 Å². The van der Waals surface area contributed by atoms with Crippen molar-refractivity contribution in [1.82, 2.24) is 5.32 Å². The summed E-state index contributed by atoms with van der Waals surface area (Å²) in [4.78, 5) is 34.3. The fourth-order valence-corrected chi connectivity index (χ4v) is 1.77. The Morgan fingerprint density at radius 3 is 2.38 bits per heavy atom. The third kappa shape index (κ3) is 5.62. The standard InChI is InChI=1S/C14H19N3O4/c1-21-14(20)11(7-9-5-3-2-4-6-9)17-13(19)10(15)8-12(16)18/h2-6,10-11H,7-8,15H2,1H3,(H2,16,18)(H,17,19)/t10-,11-/m0/s1. The predicted octanol–water partition coefficient (Wildman–Crippen LogP) is -0.910. The van der Waals surface area contributed by atoms with Gasteiger partial charge in [0, 0.05) is 6.42 Å². The van der Waals surface area contributed by atoms with Crippen molar-refractivity contribution in [2.75, 3.05) is 7.11 Å². The molecule has 0 aromatic heterocycles. The molecule has 1 aromatic carbocycles. The van der Waals surface area contributed by atoms with Crippen LogP contribution in [0.25, 0.3) is 0 Å². The van der Waals surface area contributed by atoms with Gasteiger partial charge in [0.05, 0.1) is 19.6 Å². The molecule has 1 aromatic rings. The highest BCUT2D eigenvalue weighted by molar-refractivity contribution is 5.90. The molecule has 2 amide bonds. The van der Waals surface area contributed by atoms with Crippen LogP contribution in [0.3, 0.4) is 0 Å². The van der Waals surface area contributed by atoms with Crippen molar-refractivity contribution >= 4 is 17.8 Å². The van der Waals surface area contributed by atoms with E-state index >= 15 is 0 Å². The van der Waals surface area contributed by atoms with Crippen molar-refractivity contribution in [3.63, 3.8) is 0 Å². The molecule has 5 N–H and O–H groups in total. The molecule has 0 aliphatic carbocycles. The number of ether oxygens (including phenoxy) is 1. The summed E-state index contributed by atoms with van der Waals surface area (Å²) in [6.45, 7) is 0. The first kappa shape index (κ1) is 16.6. The van der Waals surface area contributed by atoms with Crippen LogP contribution in [0, 0.1) is 0 Å². The van der Waals surface area contributed by atoms with E-state index in [0.29, 0.717) is 0 Å². The SMILES string of the molecule is COC(=O)[C@H](Cc1ccccc1)NC(=O)[C@@H](N)CC(N)=O. The average molecular weight is 293 g/mol. The van der Waals surface area contributed by atoms with Gasteiger partial charge in [-0.1, -0.05) is 30.3 Å². The first-order chi connectivity index (χ1) is 9.93. The van der Waals surface area contributed by atoms with E-state index in [1.165, 1.54) is 7.11 Å². The number of rotatable bonds is 7. The van der Waals surface area contributed by atoms with E-state index < -0.39 is 29.9 Å². The highest BCUT2D eigenvalue weighted by Crippen LogP contribution is 2.05. The summed E-state index contributed by atoms with van der Waals surface area (Å²) >= 11 is 0. The molecular formula is C14H19N3O4. The lowest BCUT2D eigenvalue weighted by Gasteiger charge is -2.18. The second-order valence-electron chi connectivity index (χ2n) is 4.55. The van der Waals surface area contributed by atoms with E-state index in [2.05, 4.69) is 10.1 Å². The first-order valence-electron chi connectivity index (χ1n) is 6.40. The molecule has 0 spiro atoms. The van der Waals surface area contributed by atoms with Crippen molar-refractivity contribution in [3.05, 3.63) is 35.9 Å². The van der Waals surface area contributed by atoms with Crippen LogP contribution in [-0.4, -0.2) is 37.0 Å². The van der Waals surface area contributed by atoms with Gasteiger partial charge in [-0.3, -0.25) is 9.59 Å². The number of carbonyl (C=O) groups is 3. The van der Waals surface area contributed by atoms with Crippen LogP contribution in [0.2, 0.25) is 0 Å². The minimum Gasteiger partial charge on any atom is -0.467 e. The fourth-order valence-electron chi connectivity index (χ4n) is 1.77. The van der Waals surface area contributed by atoms with Crippen LogP contribution >= 0.6 is 0 Å². The van der Waals surface area contributed by atoms with Gasteiger partial charge in [0.15, 0.2) is 0 Å². The molecule has 0 saturated heterocycles. The minimum absolute atomic E-state index is 0.266. The predicted molar refractivity (Wildman–Crippen MR) is 75.9 cm³/mol. The third-order valence-corrected chi connectivity index (χ3v) is 2.84. The number of primary amides is 1. The molecule has 0 radical (unpaired) electrons. The Morgan fingerprint density at radius 2 is 1.86 bits per heavy atom. The Kier molecular flexibility index (Phi) is 6.35. The second-order valence-corrected chi connectivity index (χ2v) is 4.55. The van der Waals surface area contributed by atoms with Crippen LogP contribution in [0.15, 0.2) is 30.3 Å². The Bertz CT molecular complexity index is 504. The van der Waals surface area contributed by atoms with Gasteiger partial charge in [0.1, 0.15) is 6.04 Å². The van der Waals surface area contributed by atoms with Gasteiger partial charge in [-0.15, -0.1) is 0 Å². The largest absolute Gasteiger partial charge is 0.467 e. The zero-order valence-electron chi connectivity index (χ0n) is 11.7. The average Bonchev–Trinajstić information content (AvgIpc) is 2.46. The number of benzene rings is 1. The summed E-state index contributed by atoms with van der Waals surface area (Å²) < 4.78 is 4.66. The molecule has 2 atom stereocenters. The summed E-state index contributed by atoms with van der Waals surface area (Å²) in [6, 6.07) is 7.18. The lowest BCUT2D eigenvalue weighted by Crippen LogP contribution is -2.50. The number of nitrogens with one attached hydrogen (secondary N) is 1. The molecule has 0 saturated carbocycles. The van der Waals surface area contributed by atoms with Crippen molar-refractivity contribution in [3.8, 4) is 0 Å². The van der Waals surface area contributed by atoms with Gasteiger partial charge in [-0.05, 0) is 5.56 Å². The second kappa shape index (κ2) is 8.01. The number of amides is 2. The Hall–Kier alpha value is -2.41. The molecule has 0 aliphatic rings. The molecular weight excluding hydrogens is 274 g/mol. The van der Waals surface area contributed by atoms with Gasteiger partial charge in [0.25, 0.3) is 0 Å². The lowest BCUT2D eigenvalue weighted by molar-refractivity contribution is -0.145. The molecule has 0 heterocycles. The maximum atomic E-state index is 11.8. The Balaban J connectivity index is 2.72. The van der Waals surface area contributed by atoms with Crippen LogP contribution in [0.4, 0.5) is 0 Å². The summed E-state index contributed by atoms with van der Waals surface area (Å²) in [7, 11) is 1.23. The maximum absolute atomic E-state index is 11.8. The molecule has 21 heavy (non-hydrogen) atoms. The van der Waals surface area contributed by atoms with Gasteiger partial charge in [0.2, 0.25) is 11.8 Å². The maximum Gasteiger partial charge on any atom is 0.328 e. The van der Waals surface area contributed by atoms with E-state index in [-0.39, 0.29) is 12.8 Å². The molecule has 0 bridgehead atoms. The number of carbonyl (C=O) groups excluding carboxylic acids is 3. The van der Waals surface area contributed by atoms with Crippen molar-refractivity contribution < 1.29 is 19.1 Å².